The number of hydrogen-bond acceptors (Lipinski definition) is 4. The first-order chi connectivity index (χ1) is 9.10. The molecule has 1 aromatic carbocycles. The number of carbonyl (C=O) groups excluding carboxylic acids is 1. The summed E-state index contributed by atoms with van der Waals surface area (Å²) in [6.45, 7) is 1.83. The second-order valence-electron chi connectivity index (χ2n) is 4.52. The molecule has 2 atom stereocenters. The minimum absolute atomic E-state index is 0.0177. The Bertz CT molecular complexity index is 394. The molecule has 0 saturated carbocycles. The van der Waals surface area contributed by atoms with Gasteiger partial charge in [-0.2, -0.15) is 0 Å². The van der Waals surface area contributed by atoms with Crippen LogP contribution in [0.25, 0.3) is 0 Å². The molecule has 19 heavy (non-hydrogen) atoms. The third-order valence-corrected chi connectivity index (χ3v) is 3.35. The second kappa shape index (κ2) is 8.02. The molecule has 0 aliphatic rings. The van der Waals surface area contributed by atoms with E-state index in [2.05, 4.69) is 4.84 Å². The standard InChI is InChI=1S/C14H20ClNO3/c1-10(14(17)19-3)8-12(16-15)9-11-4-6-13(18-2)7-5-11/h4-7,10,12,16H,8-9H2,1-3H3/t10-,12+/m0/s1. The van der Waals surface area contributed by atoms with Crippen LogP contribution in [0.4, 0.5) is 0 Å². The van der Waals surface area contributed by atoms with E-state index in [-0.39, 0.29) is 17.9 Å². The van der Waals surface area contributed by atoms with Crippen molar-refractivity contribution < 1.29 is 14.3 Å². The fourth-order valence-electron chi connectivity index (χ4n) is 1.94. The number of esters is 1. The number of halogens is 1. The molecule has 0 unspecified atom stereocenters. The van der Waals surface area contributed by atoms with Crippen LogP contribution in [0.2, 0.25) is 0 Å². The van der Waals surface area contributed by atoms with E-state index in [1.165, 1.54) is 7.11 Å². The van der Waals surface area contributed by atoms with Crippen molar-refractivity contribution in [2.45, 2.75) is 25.8 Å². The first-order valence-electron chi connectivity index (χ1n) is 6.17. The summed E-state index contributed by atoms with van der Waals surface area (Å²) < 4.78 is 9.82. The van der Waals surface area contributed by atoms with E-state index in [4.69, 9.17) is 21.3 Å². The van der Waals surface area contributed by atoms with Gasteiger partial charge in [0.2, 0.25) is 0 Å². The lowest BCUT2D eigenvalue weighted by atomic mass is 9.97. The predicted octanol–water partition coefficient (Wildman–Crippen LogP) is 2.55. The fraction of sp³-hybridized carbons (Fsp3) is 0.500. The van der Waals surface area contributed by atoms with Gasteiger partial charge in [-0.1, -0.05) is 19.1 Å². The Balaban J connectivity index is 2.58. The van der Waals surface area contributed by atoms with Gasteiger partial charge < -0.3 is 9.47 Å². The zero-order valence-electron chi connectivity index (χ0n) is 11.5. The molecule has 0 saturated heterocycles. The maximum atomic E-state index is 11.4. The van der Waals surface area contributed by atoms with Crippen LogP contribution in [-0.4, -0.2) is 26.2 Å². The highest BCUT2D eigenvalue weighted by Crippen LogP contribution is 2.16. The van der Waals surface area contributed by atoms with E-state index in [0.29, 0.717) is 6.42 Å². The van der Waals surface area contributed by atoms with E-state index >= 15 is 0 Å². The van der Waals surface area contributed by atoms with Crippen LogP contribution in [0.3, 0.4) is 0 Å². The van der Waals surface area contributed by atoms with Crippen molar-refractivity contribution in [1.82, 2.24) is 4.84 Å². The van der Waals surface area contributed by atoms with E-state index < -0.39 is 0 Å². The van der Waals surface area contributed by atoms with Gasteiger partial charge in [0.25, 0.3) is 0 Å². The molecule has 5 heteroatoms. The number of ether oxygens (including phenoxy) is 2. The average molecular weight is 286 g/mol. The molecule has 0 amide bonds. The van der Waals surface area contributed by atoms with Gasteiger partial charge in [0.1, 0.15) is 5.75 Å². The summed E-state index contributed by atoms with van der Waals surface area (Å²) >= 11 is 5.74. The van der Waals surface area contributed by atoms with Gasteiger partial charge in [-0.25, -0.2) is 4.84 Å². The summed E-state index contributed by atoms with van der Waals surface area (Å²) in [5, 5.41) is 0. The minimum atomic E-state index is -0.216. The SMILES string of the molecule is COC(=O)[C@@H](C)C[C@H](Cc1ccc(OC)cc1)NCl. The molecule has 0 spiro atoms. The Morgan fingerprint density at radius 3 is 2.42 bits per heavy atom. The highest BCUT2D eigenvalue weighted by molar-refractivity contribution is 6.13. The summed E-state index contributed by atoms with van der Waals surface area (Å²) in [5.74, 6) is 0.424. The van der Waals surface area contributed by atoms with E-state index in [0.717, 1.165) is 17.7 Å². The Morgan fingerprint density at radius 1 is 1.32 bits per heavy atom. The number of methoxy groups -OCH3 is 2. The molecule has 0 aliphatic carbocycles. The molecule has 0 aromatic heterocycles. The summed E-state index contributed by atoms with van der Waals surface area (Å²) in [4.78, 5) is 14.1. The smallest absolute Gasteiger partial charge is 0.308 e. The normalized spacial score (nSPS) is 13.7. The monoisotopic (exact) mass is 285 g/mol. The molecule has 4 nitrogen and oxygen atoms in total. The fourth-order valence-corrected chi connectivity index (χ4v) is 2.10. The van der Waals surface area contributed by atoms with Crippen LogP contribution in [-0.2, 0) is 16.0 Å². The molecule has 0 bridgehead atoms. The van der Waals surface area contributed by atoms with Gasteiger partial charge in [0.05, 0.1) is 20.1 Å². The Hall–Kier alpha value is -1.26. The lowest BCUT2D eigenvalue weighted by Crippen LogP contribution is -2.29. The van der Waals surface area contributed by atoms with Gasteiger partial charge in [0.15, 0.2) is 0 Å². The van der Waals surface area contributed by atoms with E-state index in [9.17, 15) is 4.79 Å². The van der Waals surface area contributed by atoms with Crippen molar-refractivity contribution >= 4 is 17.7 Å². The highest BCUT2D eigenvalue weighted by atomic mass is 35.5. The molecule has 1 rings (SSSR count). The van der Waals surface area contributed by atoms with Crippen molar-refractivity contribution in [2.24, 2.45) is 5.92 Å². The van der Waals surface area contributed by atoms with Gasteiger partial charge in [-0.3, -0.25) is 4.79 Å². The van der Waals surface area contributed by atoms with Crippen LogP contribution in [0.1, 0.15) is 18.9 Å². The molecule has 1 N–H and O–H groups in total. The third kappa shape index (κ3) is 5.09. The predicted molar refractivity (Wildman–Crippen MR) is 75.3 cm³/mol. The zero-order chi connectivity index (χ0) is 14.3. The third-order valence-electron chi connectivity index (χ3n) is 3.04. The van der Waals surface area contributed by atoms with Crippen molar-refractivity contribution in [3.8, 4) is 5.75 Å². The van der Waals surface area contributed by atoms with Crippen molar-refractivity contribution in [3.05, 3.63) is 29.8 Å². The zero-order valence-corrected chi connectivity index (χ0v) is 12.2. The van der Waals surface area contributed by atoms with Crippen LogP contribution in [0.15, 0.2) is 24.3 Å². The Labute approximate surface area is 119 Å². The largest absolute Gasteiger partial charge is 0.497 e. The molecular weight excluding hydrogens is 266 g/mol. The first kappa shape index (κ1) is 15.8. The van der Waals surface area contributed by atoms with Gasteiger partial charge in [0, 0.05) is 6.04 Å². The summed E-state index contributed by atoms with van der Waals surface area (Å²) in [6, 6.07) is 7.81. The number of rotatable bonds is 7. The van der Waals surface area contributed by atoms with E-state index in [1.54, 1.807) is 7.11 Å². The lowest BCUT2D eigenvalue weighted by molar-refractivity contribution is -0.145. The molecule has 0 heterocycles. The molecule has 0 radical (unpaired) electrons. The maximum Gasteiger partial charge on any atom is 0.308 e. The number of benzene rings is 1. The number of carbonyl (C=O) groups is 1. The van der Waals surface area contributed by atoms with Crippen LogP contribution in [0, 0.1) is 5.92 Å². The molecule has 1 aromatic rings. The summed E-state index contributed by atoms with van der Waals surface area (Å²) in [7, 11) is 3.03. The van der Waals surface area contributed by atoms with E-state index in [1.807, 2.05) is 31.2 Å². The highest BCUT2D eigenvalue weighted by Gasteiger charge is 2.19. The second-order valence-corrected chi connectivity index (χ2v) is 4.74. The van der Waals surface area contributed by atoms with Crippen LogP contribution in [0.5, 0.6) is 5.75 Å². The molecule has 106 valence electrons. The van der Waals surface area contributed by atoms with Crippen molar-refractivity contribution in [2.75, 3.05) is 14.2 Å². The van der Waals surface area contributed by atoms with Gasteiger partial charge >= 0.3 is 5.97 Å². The number of nitrogens with one attached hydrogen (secondary N) is 1. The van der Waals surface area contributed by atoms with Gasteiger partial charge in [-0.15, -0.1) is 0 Å². The quantitative estimate of drug-likeness (QED) is 0.618. The Morgan fingerprint density at radius 2 is 1.95 bits per heavy atom. The van der Waals surface area contributed by atoms with Crippen molar-refractivity contribution in [3.63, 3.8) is 0 Å². The Kier molecular flexibility index (Phi) is 6.67. The topological polar surface area (TPSA) is 47.6 Å². The first-order valence-corrected chi connectivity index (χ1v) is 6.55. The lowest BCUT2D eigenvalue weighted by Gasteiger charge is -2.18. The molecule has 0 fully saturated rings. The van der Waals surface area contributed by atoms with Crippen molar-refractivity contribution in [1.29, 1.82) is 0 Å². The minimum Gasteiger partial charge on any atom is -0.497 e. The summed E-state index contributed by atoms with van der Waals surface area (Å²) in [6.07, 6.45) is 1.37. The average Bonchev–Trinajstić information content (AvgIpc) is 2.46. The van der Waals surface area contributed by atoms with Gasteiger partial charge in [-0.05, 0) is 42.3 Å². The van der Waals surface area contributed by atoms with Crippen LogP contribution < -0.4 is 9.57 Å². The maximum absolute atomic E-state index is 11.4. The molecular formula is C14H20ClNO3. The van der Waals surface area contributed by atoms with Crippen LogP contribution >= 0.6 is 11.8 Å². The molecule has 0 aliphatic heterocycles. The number of hydrogen-bond donors (Lipinski definition) is 1. The summed E-state index contributed by atoms with van der Waals surface area (Å²) in [5.41, 5.74) is 1.14.